The molecule has 4 rings (SSSR count). The number of carbonyl (C=O) groups excluding carboxylic acids is 1. The summed E-state index contributed by atoms with van der Waals surface area (Å²) in [4.78, 5) is 30.0. The molecule has 6 nitrogen and oxygen atoms in total. The van der Waals surface area contributed by atoms with Crippen molar-refractivity contribution in [3.63, 3.8) is 0 Å². The van der Waals surface area contributed by atoms with E-state index in [0.717, 1.165) is 11.8 Å². The number of rotatable bonds is 6. The van der Waals surface area contributed by atoms with Crippen molar-refractivity contribution in [1.29, 1.82) is 0 Å². The van der Waals surface area contributed by atoms with E-state index in [-0.39, 0.29) is 11.3 Å². The Kier molecular flexibility index (Phi) is 6.63. The molecule has 9 heteroatoms. The van der Waals surface area contributed by atoms with Crippen molar-refractivity contribution >= 4 is 46.4 Å². The summed E-state index contributed by atoms with van der Waals surface area (Å²) in [6.07, 6.45) is 1.35. The molecule has 1 heterocycles. The van der Waals surface area contributed by atoms with Crippen molar-refractivity contribution in [3.8, 4) is 5.69 Å². The van der Waals surface area contributed by atoms with Crippen LogP contribution in [0.3, 0.4) is 0 Å². The van der Waals surface area contributed by atoms with Crippen LogP contribution in [0.4, 0.5) is 4.39 Å². The molecule has 0 spiro atoms. The molecule has 0 aliphatic heterocycles. The van der Waals surface area contributed by atoms with E-state index < -0.39 is 11.7 Å². The second kappa shape index (κ2) is 9.76. The first-order valence-corrected chi connectivity index (χ1v) is 10.9. The monoisotopic (exact) mass is 466 g/mol. The third-order valence-corrected chi connectivity index (χ3v) is 5.57. The van der Waals surface area contributed by atoms with Gasteiger partial charge in [0.05, 0.1) is 28.6 Å². The Hall–Kier alpha value is -3.49. The number of nitrogens with one attached hydrogen (secondary N) is 1. The number of carbonyl (C=O) groups is 1. The number of nitrogens with zero attached hydrogens (tertiary/aromatic N) is 3. The summed E-state index contributed by atoms with van der Waals surface area (Å²) < 4.78 is 14.7. The van der Waals surface area contributed by atoms with Crippen LogP contribution in [0.15, 0.2) is 87.8 Å². The number of hydrogen-bond acceptors (Lipinski definition) is 5. The number of hydrogen-bond donors (Lipinski definition) is 1. The summed E-state index contributed by atoms with van der Waals surface area (Å²) in [5.74, 6) is -0.815. The lowest BCUT2D eigenvalue weighted by Crippen LogP contribution is -2.24. The summed E-state index contributed by atoms with van der Waals surface area (Å²) in [6, 6.07) is 19.8. The normalized spacial score (nSPS) is 11.2. The number of amides is 1. The Morgan fingerprint density at radius 3 is 2.72 bits per heavy atom. The number of thioether (sulfide) groups is 1. The molecule has 4 aromatic rings. The molecule has 0 saturated carbocycles. The van der Waals surface area contributed by atoms with Crippen LogP contribution in [0.25, 0.3) is 16.6 Å². The van der Waals surface area contributed by atoms with Gasteiger partial charge >= 0.3 is 0 Å². The van der Waals surface area contributed by atoms with Crippen LogP contribution >= 0.6 is 23.4 Å². The van der Waals surface area contributed by atoms with Crippen LogP contribution in [0.2, 0.25) is 5.02 Å². The van der Waals surface area contributed by atoms with Gasteiger partial charge < -0.3 is 0 Å². The van der Waals surface area contributed by atoms with Gasteiger partial charge in [-0.15, -0.1) is 0 Å². The Morgan fingerprint density at radius 1 is 1.12 bits per heavy atom. The molecule has 3 aromatic carbocycles. The number of fused-ring (bicyclic) bond motifs is 1. The lowest BCUT2D eigenvalue weighted by Gasteiger charge is -2.13. The molecule has 32 heavy (non-hydrogen) atoms. The number of benzene rings is 3. The van der Waals surface area contributed by atoms with E-state index in [1.54, 1.807) is 42.5 Å². The van der Waals surface area contributed by atoms with Gasteiger partial charge in [0, 0.05) is 5.02 Å². The Morgan fingerprint density at radius 2 is 1.94 bits per heavy atom. The Labute approximate surface area is 191 Å². The topological polar surface area (TPSA) is 76.3 Å². The maximum absolute atomic E-state index is 13.2. The van der Waals surface area contributed by atoms with Crippen molar-refractivity contribution in [1.82, 2.24) is 15.0 Å². The average molecular weight is 467 g/mol. The highest BCUT2D eigenvalue weighted by Crippen LogP contribution is 2.22. The molecule has 0 fully saturated rings. The van der Waals surface area contributed by atoms with Crippen LogP contribution in [0.5, 0.6) is 0 Å². The molecule has 0 bridgehead atoms. The average Bonchev–Trinajstić information content (AvgIpc) is 2.79. The standard InChI is InChI=1S/C23H16ClFN4O2S/c24-16-9-10-20-19(12-16)22(31)29(18-7-2-1-3-8-18)23(27-20)32-14-21(30)28-26-13-15-5-4-6-17(25)11-15/h1-13H,14H2,(H,28,30)/b26-13+. The van der Waals surface area contributed by atoms with Crippen LogP contribution in [-0.4, -0.2) is 27.4 Å². The summed E-state index contributed by atoms with van der Waals surface area (Å²) in [5.41, 5.74) is 3.74. The van der Waals surface area contributed by atoms with E-state index in [1.165, 1.54) is 22.9 Å². The molecule has 1 N–H and O–H groups in total. The molecule has 160 valence electrons. The van der Waals surface area contributed by atoms with Gasteiger partial charge in [-0.05, 0) is 48.0 Å². The van der Waals surface area contributed by atoms with E-state index in [9.17, 15) is 14.0 Å². The van der Waals surface area contributed by atoms with Gasteiger partial charge in [-0.2, -0.15) is 5.10 Å². The van der Waals surface area contributed by atoms with Crippen LogP contribution in [0, 0.1) is 5.82 Å². The van der Waals surface area contributed by atoms with Crippen molar-refractivity contribution in [2.75, 3.05) is 5.75 Å². The molecule has 0 atom stereocenters. The fourth-order valence-corrected chi connectivity index (χ4v) is 3.94. The minimum Gasteiger partial charge on any atom is -0.272 e. The zero-order valence-electron chi connectivity index (χ0n) is 16.5. The van der Waals surface area contributed by atoms with Gasteiger partial charge in [0.1, 0.15) is 5.82 Å². The van der Waals surface area contributed by atoms with Gasteiger partial charge in [-0.3, -0.25) is 14.2 Å². The smallest absolute Gasteiger partial charge is 0.266 e. The first-order valence-electron chi connectivity index (χ1n) is 9.49. The van der Waals surface area contributed by atoms with Crippen molar-refractivity contribution in [2.45, 2.75) is 5.16 Å². The minimum atomic E-state index is -0.396. The predicted octanol–water partition coefficient (Wildman–Crippen LogP) is 4.42. The quantitative estimate of drug-likeness (QED) is 0.197. The van der Waals surface area contributed by atoms with Gasteiger partial charge in [0.15, 0.2) is 5.16 Å². The molecule has 1 amide bonds. The van der Waals surface area contributed by atoms with Crippen molar-refractivity contribution in [3.05, 3.63) is 99.6 Å². The van der Waals surface area contributed by atoms with Gasteiger partial charge in [-0.25, -0.2) is 14.8 Å². The van der Waals surface area contributed by atoms with Gasteiger partial charge in [0.25, 0.3) is 11.5 Å². The minimum absolute atomic E-state index is 0.0289. The van der Waals surface area contributed by atoms with E-state index in [2.05, 4.69) is 15.5 Å². The number of para-hydroxylation sites is 1. The van der Waals surface area contributed by atoms with E-state index in [4.69, 9.17) is 11.6 Å². The van der Waals surface area contributed by atoms with Crippen molar-refractivity contribution < 1.29 is 9.18 Å². The Balaban J connectivity index is 1.57. The zero-order valence-corrected chi connectivity index (χ0v) is 18.1. The molecule has 0 saturated heterocycles. The van der Waals surface area contributed by atoms with Crippen LogP contribution in [-0.2, 0) is 4.79 Å². The third kappa shape index (κ3) is 5.04. The number of hydrazone groups is 1. The van der Waals surface area contributed by atoms with Gasteiger partial charge in [-0.1, -0.05) is 53.7 Å². The van der Waals surface area contributed by atoms with Gasteiger partial charge in [0.2, 0.25) is 0 Å². The largest absolute Gasteiger partial charge is 0.272 e. The second-order valence-electron chi connectivity index (χ2n) is 6.67. The third-order valence-electron chi connectivity index (χ3n) is 4.40. The van der Waals surface area contributed by atoms with E-state index in [1.807, 2.05) is 18.2 Å². The maximum atomic E-state index is 13.2. The summed E-state index contributed by atoms with van der Waals surface area (Å²) >= 11 is 7.17. The molecule has 0 radical (unpaired) electrons. The fraction of sp³-hybridized carbons (Fsp3) is 0.0435. The first kappa shape index (κ1) is 21.7. The lowest BCUT2D eigenvalue weighted by atomic mass is 10.2. The number of halogens is 2. The Bertz CT molecular complexity index is 1380. The molecule has 1 aromatic heterocycles. The summed E-state index contributed by atoms with van der Waals surface area (Å²) in [7, 11) is 0. The highest BCUT2D eigenvalue weighted by Gasteiger charge is 2.15. The molecular weight excluding hydrogens is 451 g/mol. The molecule has 0 unspecified atom stereocenters. The maximum Gasteiger partial charge on any atom is 0.266 e. The van der Waals surface area contributed by atoms with E-state index >= 15 is 0 Å². The van der Waals surface area contributed by atoms with E-state index in [0.29, 0.717) is 32.3 Å². The van der Waals surface area contributed by atoms with Crippen LogP contribution < -0.4 is 11.0 Å². The second-order valence-corrected chi connectivity index (χ2v) is 8.05. The summed E-state index contributed by atoms with van der Waals surface area (Å²) in [6.45, 7) is 0. The lowest BCUT2D eigenvalue weighted by molar-refractivity contribution is -0.118. The van der Waals surface area contributed by atoms with Crippen molar-refractivity contribution in [2.24, 2.45) is 5.10 Å². The number of aromatic nitrogens is 2. The zero-order chi connectivity index (χ0) is 22.5. The highest BCUT2D eigenvalue weighted by atomic mass is 35.5. The fourth-order valence-electron chi connectivity index (χ4n) is 2.97. The molecular formula is C23H16ClFN4O2S. The predicted molar refractivity (Wildman–Crippen MR) is 125 cm³/mol. The highest BCUT2D eigenvalue weighted by molar-refractivity contribution is 7.99. The molecule has 0 aliphatic carbocycles. The SMILES string of the molecule is O=C(CSc1nc2ccc(Cl)cc2c(=O)n1-c1ccccc1)N/N=C/c1cccc(F)c1. The summed E-state index contributed by atoms with van der Waals surface area (Å²) in [5, 5.41) is 5.03. The molecule has 0 aliphatic rings. The first-order chi connectivity index (χ1) is 15.5. The van der Waals surface area contributed by atoms with Crippen LogP contribution in [0.1, 0.15) is 5.56 Å².